The summed E-state index contributed by atoms with van der Waals surface area (Å²) in [6, 6.07) is 0. The Balaban J connectivity index is 0. The van der Waals surface area contributed by atoms with Crippen LogP contribution in [0.3, 0.4) is 0 Å². The van der Waals surface area contributed by atoms with Gasteiger partial charge in [-0.25, -0.2) is 0 Å². The van der Waals surface area contributed by atoms with Crippen molar-refractivity contribution in [3.05, 3.63) is 0 Å². The van der Waals surface area contributed by atoms with Crippen molar-refractivity contribution < 1.29 is 31.2 Å². The van der Waals surface area contributed by atoms with E-state index in [-0.39, 0.29) is 21.7 Å². The van der Waals surface area contributed by atoms with Crippen molar-refractivity contribution in [1.82, 2.24) is 0 Å². The molecule has 0 aromatic carbocycles. The first-order valence-corrected chi connectivity index (χ1v) is 0.880. The maximum atomic E-state index is 8.95. The second kappa shape index (κ2) is 8.89. The van der Waals surface area contributed by atoms with E-state index in [1.165, 1.54) is 7.11 Å². The van der Waals surface area contributed by atoms with Gasteiger partial charge in [-0.15, -0.1) is 0 Å². The Morgan fingerprint density at radius 1 is 1.80 bits per heavy atom. The zero-order chi connectivity index (χ0) is 3.41. The van der Waals surface area contributed by atoms with Gasteiger partial charge < -0.3 is 4.74 Å². The van der Waals surface area contributed by atoms with E-state index in [9.17, 15) is 0 Å². The predicted molar refractivity (Wildman–Crippen MR) is 13.1 cm³/mol. The molecule has 0 unspecified atom stereocenters. The van der Waals surface area contributed by atoms with Crippen LogP contribution in [0.2, 0.25) is 0 Å². The molecule has 2 nitrogen and oxygen atoms in total. The third-order valence-electron chi connectivity index (χ3n) is 0.0962. The number of methoxy groups -OCH3 is 1. The molecule has 0 N–H and O–H groups in total. The Kier molecular flexibility index (Phi) is 15.9. The fraction of sp³-hybridized carbons (Fsp3) is 0.500. The Bertz CT molecular complexity index is 21.6. The molecule has 0 aliphatic carbocycles. The summed E-state index contributed by atoms with van der Waals surface area (Å²) in [6.45, 7) is 0.375. The van der Waals surface area contributed by atoms with Gasteiger partial charge in [0.25, 0.3) is 6.47 Å². The molecule has 0 atom stereocenters. The molecule has 0 heterocycles. The molecule has 0 bridgehead atoms. The van der Waals surface area contributed by atoms with Crippen molar-refractivity contribution in [2.45, 2.75) is 0 Å². The van der Waals surface area contributed by atoms with Crippen molar-refractivity contribution in [1.29, 1.82) is 0 Å². The summed E-state index contributed by atoms with van der Waals surface area (Å²) >= 11 is 0. The molecular weight excluding hydrogens is 104 g/mol. The minimum atomic E-state index is 0. The second-order valence-electron chi connectivity index (χ2n) is 0.332. The molecule has 28 valence electrons. The maximum Gasteiger partial charge on any atom is 0.292 e. The van der Waals surface area contributed by atoms with Crippen LogP contribution in [-0.4, -0.2) is 13.6 Å². The molecule has 0 radical (unpaired) electrons. The number of rotatable bonds is 1. The summed E-state index contributed by atoms with van der Waals surface area (Å²) in [5.41, 5.74) is 0. The average molecular weight is 108 g/mol. The van der Waals surface area contributed by atoms with Gasteiger partial charge in [0.2, 0.25) is 0 Å². The molecular formula is C2H4O2Ti. The standard InChI is InChI=1S/C2H4O2.Ti/c1-4-2-3;/h2H,1H3;. The Labute approximate surface area is 45.4 Å². The van der Waals surface area contributed by atoms with Gasteiger partial charge in [-0.1, -0.05) is 0 Å². The molecule has 0 fully saturated rings. The molecule has 5 heavy (non-hydrogen) atoms. The van der Waals surface area contributed by atoms with Crippen LogP contribution in [0.1, 0.15) is 0 Å². The first-order valence-electron chi connectivity index (χ1n) is 0.880. The minimum Gasteiger partial charge on any atom is -0.471 e. The molecule has 0 aromatic heterocycles. The molecule has 0 amide bonds. The Hall–Kier alpha value is 0.184. The van der Waals surface area contributed by atoms with Gasteiger partial charge in [0.1, 0.15) is 0 Å². The monoisotopic (exact) mass is 108 g/mol. The van der Waals surface area contributed by atoms with Crippen LogP contribution in [0, 0.1) is 0 Å². The molecule has 0 saturated heterocycles. The van der Waals surface area contributed by atoms with Gasteiger partial charge in [0.15, 0.2) is 0 Å². The normalized spacial score (nSPS) is 4.20. The number of carbonyl (C=O) groups excluding carboxylic acids is 1. The molecule has 0 aliphatic heterocycles. The van der Waals surface area contributed by atoms with Crippen LogP contribution in [-0.2, 0) is 31.2 Å². The van der Waals surface area contributed by atoms with Crippen LogP contribution < -0.4 is 0 Å². The molecule has 0 saturated carbocycles. The quantitative estimate of drug-likeness (QED) is 0.343. The summed E-state index contributed by atoms with van der Waals surface area (Å²) in [5, 5.41) is 0. The van der Waals surface area contributed by atoms with E-state index >= 15 is 0 Å². The Morgan fingerprint density at radius 2 is 2.00 bits per heavy atom. The zero-order valence-electron chi connectivity index (χ0n) is 2.89. The van der Waals surface area contributed by atoms with Crippen LogP contribution in [0.4, 0.5) is 0 Å². The predicted octanol–water partition coefficient (Wildman–Crippen LogP) is -0.213. The van der Waals surface area contributed by atoms with E-state index in [0.717, 1.165) is 0 Å². The van der Waals surface area contributed by atoms with Gasteiger partial charge in [-0.05, 0) is 0 Å². The first-order chi connectivity index (χ1) is 1.91. The third kappa shape index (κ3) is 14.2. The molecule has 0 aliphatic rings. The molecule has 0 rings (SSSR count). The van der Waals surface area contributed by atoms with Gasteiger partial charge in [-0.2, -0.15) is 0 Å². The van der Waals surface area contributed by atoms with E-state index in [4.69, 9.17) is 4.79 Å². The van der Waals surface area contributed by atoms with E-state index in [2.05, 4.69) is 4.74 Å². The van der Waals surface area contributed by atoms with Crippen LogP contribution in [0.15, 0.2) is 0 Å². The number of hydrogen-bond donors (Lipinski definition) is 0. The molecule has 0 aromatic rings. The fourth-order valence-corrected chi connectivity index (χ4v) is 0. The summed E-state index contributed by atoms with van der Waals surface area (Å²) in [6.07, 6.45) is 0. The van der Waals surface area contributed by atoms with Crippen molar-refractivity contribution >= 4 is 6.47 Å². The summed E-state index contributed by atoms with van der Waals surface area (Å²) in [7, 11) is 1.31. The molecule has 3 heteroatoms. The SMILES string of the molecule is COC=O.[Ti]. The fourth-order valence-electron chi connectivity index (χ4n) is 0. The summed E-state index contributed by atoms with van der Waals surface area (Å²) in [5.74, 6) is 0. The average Bonchev–Trinajstić information content (AvgIpc) is 1.37. The smallest absolute Gasteiger partial charge is 0.292 e. The third-order valence-corrected chi connectivity index (χ3v) is 0.0962. The largest absolute Gasteiger partial charge is 0.471 e. The number of carbonyl (C=O) groups is 1. The van der Waals surface area contributed by atoms with Crippen LogP contribution in [0.25, 0.3) is 0 Å². The van der Waals surface area contributed by atoms with E-state index in [1.54, 1.807) is 0 Å². The van der Waals surface area contributed by atoms with Crippen LogP contribution >= 0.6 is 0 Å². The van der Waals surface area contributed by atoms with Crippen LogP contribution in [0.5, 0.6) is 0 Å². The first kappa shape index (κ1) is 8.95. The van der Waals surface area contributed by atoms with Crippen molar-refractivity contribution in [2.24, 2.45) is 0 Å². The minimum absolute atomic E-state index is 0. The number of ether oxygens (including phenoxy) is 1. The second-order valence-corrected chi connectivity index (χ2v) is 0.332. The van der Waals surface area contributed by atoms with E-state index < -0.39 is 0 Å². The van der Waals surface area contributed by atoms with Crippen molar-refractivity contribution in [3.8, 4) is 0 Å². The summed E-state index contributed by atoms with van der Waals surface area (Å²) < 4.78 is 3.86. The van der Waals surface area contributed by atoms with E-state index in [0.29, 0.717) is 6.47 Å². The van der Waals surface area contributed by atoms with Crippen molar-refractivity contribution in [2.75, 3.05) is 7.11 Å². The van der Waals surface area contributed by atoms with Crippen molar-refractivity contribution in [3.63, 3.8) is 0 Å². The summed E-state index contributed by atoms with van der Waals surface area (Å²) in [4.78, 5) is 8.95. The van der Waals surface area contributed by atoms with Gasteiger partial charge in [-0.3, -0.25) is 4.79 Å². The zero-order valence-corrected chi connectivity index (χ0v) is 4.46. The topological polar surface area (TPSA) is 26.3 Å². The van der Waals surface area contributed by atoms with Gasteiger partial charge in [0.05, 0.1) is 7.11 Å². The Morgan fingerprint density at radius 3 is 2.00 bits per heavy atom. The number of hydrogen-bond acceptors (Lipinski definition) is 2. The molecule has 0 spiro atoms. The maximum absolute atomic E-state index is 8.95. The van der Waals surface area contributed by atoms with Gasteiger partial charge >= 0.3 is 0 Å². The van der Waals surface area contributed by atoms with E-state index in [1.807, 2.05) is 0 Å². The van der Waals surface area contributed by atoms with Gasteiger partial charge in [0, 0.05) is 21.7 Å².